The van der Waals surface area contributed by atoms with E-state index < -0.39 is 0 Å². The van der Waals surface area contributed by atoms with Gasteiger partial charge in [0.25, 0.3) is 0 Å². The van der Waals surface area contributed by atoms with Gasteiger partial charge in [-0.2, -0.15) is 0 Å². The Morgan fingerprint density at radius 1 is 1.35 bits per heavy atom. The van der Waals surface area contributed by atoms with Crippen molar-refractivity contribution in [2.24, 2.45) is 0 Å². The summed E-state index contributed by atoms with van der Waals surface area (Å²) in [4.78, 5) is 0. The summed E-state index contributed by atoms with van der Waals surface area (Å²) in [6, 6.07) is 9.16. The minimum absolute atomic E-state index is 0.360. The van der Waals surface area contributed by atoms with Crippen LogP contribution >= 0.6 is 0 Å². The Kier molecular flexibility index (Phi) is 4.77. The van der Waals surface area contributed by atoms with Crippen molar-refractivity contribution in [2.45, 2.75) is 25.8 Å². The van der Waals surface area contributed by atoms with Gasteiger partial charge in [-0.05, 0) is 17.5 Å². The largest absolute Gasteiger partial charge is 0.378 e. The van der Waals surface area contributed by atoms with E-state index in [1.165, 1.54) is 24.0 Å². The topological polar surface area (TPSA) is 21.3 Å². The fourth-order valence-electron chi connectivity index (χ4n) is 2.02. The Bertz CT molecular complexity index is 350. The van der Waals surface area contributed by atoms with E-state index in [1.54, 1.807) is 0 Å². The van der Waals surface area contributed by atoms with Gasteiger partial charge < -0.3 is 10.1 Å². The van der Waals surface area contributed by atoms with Gasteiger partial charge in [0.1, 0.15) is 0 Å². The molecule has 1 aliphatic rings. The average Bonchev–Trinajstić information content (AvgIpc) is 2.40. The summed E-state index contributed by atoms with van der Waals surface area (Å²) in [6.45, 7) is 4.77. The summed E-state index contributed by atoms with van der Waals surface area (Å²) in [5, 5.41) is 3.41. The van der Waals surface area contributed by atoms with Crippen LogP contribution in [0.25, 0.3) is 6.08 Å². The average molecular weight is 231 g/mol. The molecule has 0 aliphatic carbocycles. The lowest BCUT2D eigenvalue weighted by molar-refractivity contribution is 0.0903. The van der Waals surface area contributed by atoms with Crippen LogP contribution in [0.2, 0.25) is 0 Å². The summed E-state index contributed by atoms with van der Waals surface area (Å²) >= 11 is 0. The Morgan fingerprint density at radius 2 is 2.18 bits per heavy atom. The first-order valence-electron chi connectivity index (χ1n) is 6.47. The van der Waals surface area contributed by atoms with Crippen molar-refractivity contribution in [3.63, 3.8) is 0 Å². The second-order valence-electron chi connectivity index (χ2n) is 4.49. The molecule has 0 amide bonds. The van der Waals surface area contributed by atoms with E-state index in [0.717, 1.165) is 19.8 Å². The molecule has 1 unspecified atom stereocenters. The minimum atomic E-state index is 0.360. The molecule has 0 radical (unpaired) electrons. The van der Waals surface area contributed by atoms with Gasteiger partial charge in [0.15, 0.2) is 0 Å². The number of aryl methyl sites for hydroxylation is 1. The first-order valence-corrected chi connectivity index (χ1v) is 6.47. The molecule has 0 aromatic heterocycles. The predicted octanol–water partition coefficient (Wildman–Crippen LogP) is 2.64. The summed E-state index contributed by atoms with van der Waals surface area (Å²) in [7, 11) is 0. The molecule has 92 valence electrons. The number of ether oxygens (including phenoxy) is 1. The highest BCUT2D eigenvalue weighted by Crippen LogP contribution is 2.09. The number of benzene rings is 1. The van der Waals surface area contributed by atoms with Crippen LogP contribution in [0.5, 0.6) is 0 Å². The van der Waals surface area contributed by atoms with Gasteiger partial charge >= 0.3 is 0 Å². The maximum Gasteiger partial charge on any atom is 0.0656 e. The zero-order chi connectivity index (χ0) is 11.9. The first kappa shape index (κ1) is 12.3. The molecule has 0 spiro atoms. The van der Waals surface area contributed by atoms with Crippen molar-refractivity contribution in [1.29, 1.82) is 0 Å². The molecule has 1 N–H and O–H groups in total. The number of hydrogen-bond donors (Lipinski definition) is 1. The molecular weight excluding hydrogens is 210 g/mol. The second kappa shape index (κ2) is 6.58. The quantitative estimate of drug-likeness (QED) is 0.860. The molecule has 0 bridgehead atoms. The second-order valence-corrected chi connectivity index (χ2v) is 4.49. The van der Waals surface area contributed by atoms with E-state index in [-0.39, 0.29) is 0 Å². The molecule has 1 saturated heterocycles. The molecule has 17 heavy (non-hydrogen) atoms. The molecule has 1 fully saturated rings. The van der Waals surface area contributed by atoms with Crippen LogP contribution in [-0.4, -0.2) is 25.8 Å². The lowest BCUT2D eigenvalue weighted by atomic mass is 10.1. The van der Waals surface area contributed by atoms with Crippen LogP contribution in [-0.2, 0) is 11.2 Å². The van der Waals surface area contributed by atoms with Crippen molar-refractivity contribution in [1.82, 2.24) is 5.32 Å². The molecule has 1 aliphatic heterocycles. The van der Waals surface area contributed by atoms with Crippen molar-refractivity contribution in [3.05, 3.63) is 41.5 Å². The van der Waals surface area contributed by atoms with Crippen LogP contribution in [0, 0.1) is 0 Å². The third kappa shape index (κ3) is 3.99. The van der Waals surface area contributed by atoms with Gasteiger partial charge in [-0.15, -0.1) is 0 Å². The minimum Gasteiger partial charge on any atom is -0.378 e. The monoisotopic (exact) mass is 231 g/mol. The van der Waals surface area contributed by atoms with Crippen LogP contribution in [0.1, 0.15) is 24.5 Å². The Morgan fingerprint density at radius 3 is 2.82 bits per heavy atom. The highest BCUT2D eigenvalue weighted by atomic mass is 16.5. The lowest BCUT2D eigenvalue weighted by Gasteiger charge is -2.20. The smallest absolute Gasteiger partial charge is 0.0656 e. The summed E-state index contributed by atoms with van der Waals surface area (Å²) in [5.41, 5.74) is 2.68. The fourth-order valence-corrected chi connectivity index (χ4v) is 2.02. The van der Waals surface area contributed by atoms with Gasteiger partial charge in [-0.3, -0.25) is 0 Å². The van der Waals surface area contributed by atoms with Crippen molar-refractivity contribution >= 4 is 6.08 Å². The molecular formula is C15H21NO. The van der Waals surface area contributed by atoms with Gasteiger partial charge in [0.05, 0.1) is 13.2 Å². The van der Waals surface area contributed by atoms with E-state index in [2.05, 4.69) is 48.7 Å². The zero-order valence-corrected chi connectivity index (χ0v) is 10.5. The van der Waals surface area contributed by atoms with Crippen molar-refractivity contribution < 1.29 is 4.74 Å². The molecule has 0 saturated carbocycles. The molecule has 2 heteroatoms. The SMILES string of the molecule is CCCc1ccc(/C=C/C2COCCN2)cc1. The Hall–Kier alpha value is -1.12. The molecule has 1 heterocycles. The first-order chi connectivity index (χ1) is 8.38. The zero-order valence-electron chi connectivity index (χ0n) is 10.5. The van der Waals surface area contributed by atoms with Crippen LogP contribution in [0.4, 0.5) is 0 Å². The maximum atomic E-state index is 5.41. The van der Waals surface area contributed by atoms with Crippen molar-refractivity contribution in [2.75, 3.05) is 19.8 Å². The number of morpholine rings is 1. The highest BCUT2D eigenvalue weighted by molar-refractivity contribution is 5.50. The standard InChI is InChI=1S/C15H21NO/c1-2-3-13-4-6-14(7-5-13)8-9-15-12-17-11-10-16-15/h4-9,15-16H,2-3,10-12H2,1H3/b9-8+. The predicted molar refractivity (Wildman–Crippen MR) is 72.1 cm³/mol. The van der Waals surface area contributed by atoms with E-state index in [0.29, 0.717) is 6.04 Å². The Balaban J connectivity index is 1.91. The van der Waals surface area contributed by atoms with Gasteiger partial charge in [-0.25, -0.2) is 0 Å². The third-order valence-electron chi connectivity index (χ3n) is 2.99. The van der Waals surface area contributed by atoms with Crippen LogP contribution in [0.3, 0.4) is 0 Å². The third-order valence-corrected chi connectivity index (χ3v) is 2.99. The number of rotatable bonds is 4. The summed E-state index contributed by atoms with van der Waals surface area (Å²) in [6.07, 6.45) is 6.73. The molecule has 1 aromatic rings. The van der Waals surface area contributed by atoms with E-state index >= 15 is 0 Å². The highest BCUT2D eigenvalue weighted by Gasteiger charge is 2.08. The fraction of sp³-hybridized carbons (Fsp3) is 0.467. The molecule has 1 aromatic carbocycles. The van der Waals surface area contributed by atoms with E-state index in [4.69, 9.17) is 4.74 Å². The van der Waals surface area contributed by atoms with Crippen LogP contribution in [0.15, 0.2) is 30.3 Å². The lowest BCUT2D eigenvalue weighted by Crippen LogP contribution is -2.39. The Labute approximate surface area is 104 Å². The van der Waals surface area contributed by atoms with Crippen molar-refractivity contribution in [3.8, 4) is 0 Å². The molecule has 1 atom stereocenters. The summed E-state index contributed by atoms with van der Waals surface area (Å²) < 4.78 is 5.41. The van der Waals surface area contributed by atoms with E-state index in [9.17, 15) is 0 Å². The van der Waals surface area contributed by atoms with Gasteiger partial charge in [0, 0.05) is 12.6 Å². The van der Waals surface area contributed by atoms with E-state index in [1.807, 2.05) is 0 Å². The number of nitrogens with one attached hydrogen (secondary N) is 1. The van der Waals surface area contributed by atoms with Gasteiger partial charge in [-0.1, -0.05) is 49.8 Å². The molecule has 2 nitrogen and oxygen atoms in total. The molecule has 2 rings (SSSR count). The van der Waals surface area contributed by atoms with Gasteiger partial charge in [0.2, 0.25) is 0 Å². The summed E-state index contributed by atoms with van der Waals surface area (Å²) in [5.74, 6) is 0. The maximum absolute atomic E-state index is 5.41. The van der Waals surface area contributed by atoms with Crippen LogP contribution < -0.4 is 5.32 Å². The normalized spacial score (nSPS) is 20.9. The number of hydrogen-bond acceptors (Lipinski definition) is 2.